The number of aromatic nitrogens is 1. The number of ether oxygens (including phenoxy) is 2. The molecule has 1 aromatic heterocycles. The van der Waals surface area contributed by atoms with Crippen molar-refractivity contribution in [1.82, 2.24) is 9.88 Å². The van der Waals surface area contributed by atoms with E-state index >= 15 is 0 Å². The molecule has 7 heteroatoms. The zero-order chi connectivity index (χ0) is 17.8. The fourth-order valence-electron chi connectivity index (χ4n) is 3.50. The van der Waals surface area contributed by atoms with Gasteiger partial charge in [-0.15, -0.1) is 0 Å². The molecule has 0 radical (unpaired) electrons. The maximum atomic E-state index is 12.4. The first-order valence-electron chi connectivity index (χ1n) is 8.83. The second-order valence-electron chi connectivity index (χ2n) is 6.41. The maximum Gasteiger partial charge on any atom is 0.340 e. The van der Waals surface area contributed by atoms with Crippen LogP contribution in [0.1, 0.15) is 54.6 Å². The van der Waals surface area contributed by atoms with Crippen LogP contribution in [0.3, 0.4) is 0 Å². The van der Waals surface area contributed by atoms with Gasteiger partial charge < -0.3 is 14.4 Å². The zero-order valence-electron chi connectivity index (χ0n) is 14.4. The Balaban J connectivity index is 1.68. The van der Waals surface area contributed by atoms with Gasteiger partial charge in [-0.25, -0.2) is 4.79 Å². The highest BCUT2D eigenvalue weighted by Crippen LogP contribution is 2.31. The fourth-order valence-corrected chi connectivity index (χ4v) is 3.65. The van der Waals surface area contributed by atoms with E-state index in [4.69, 9.17) is 21.1 Å². The van der Waals surface area contributed by atoms with Crippen LogP contribution in [0.4, 0.5) is 0 Å². The number of amides is 1. The Morgan fingerprint density at radius 2 is 2.12 bits per heavy atom. The molecule has 2 aliphatic rings. The Bertz CT molecular complexity index is 638. The first-order valence-corrected chi connectivity index (χ1v) is 9.21. The van der Waals surface area contributed by atoms with Crippen molar-refractivity contribution in [2.75, 3.05) is 26.3 Å². The Labute approximate surface area is 152 Å². The van der Waals surface area contributed by atoms with Crippen molar-refractivity contribution in [3.63, 3.8) is 0 Å². The summed E-state index contributed by atoms with van der Waals surface area (Å²) in [5.74, 6) is -0.193. The molecule has 136 valence electrons. The van der Waals surface area contributed by atoms with E-state index in [1.807, 2.05) is 4.90 Å². The Morgan fingerprint density at radius 3 is 2.76 bits per heavy atom. The van der Waals surface area contributed by atoms with Gasteiger partial charge >= 0.3 is 5.97 Å². The number of pyridine rings is 1. The minimum atomic E-state index is -0.398. The Kier molecular flexibility index (Phi) is 5.91. The first kappa shape index (κ1) is 18.1. The van der Waals surface area contributed by atoms with E-state index in [-0.39, 0.29) is 17.9 Å². The van der Waals surface area contributed by atoms with Crippen LogP contribution in [-0.4, -0.2) is 54.2 Å². The molecule has 0 bridgehead atoms. The average Bonchev–Trinajstić information content (AvgIpc) is 3.16. The zero-order valence-corrected chi connectivity index (χ0v) is 15.1. The molecule has 2 saturated heterocycles. The van der Waals surface area contributed by atoms with Gasteiger partial charge in [0, 0.05) is 31.8 Å². The highest BCUT2D eigenvalue weighted by atomic mass is 35.5. The van der Waals surface area contributed by atoms with Gasteiger partial charge in [-0.1, -0.05) is 11.6 Å². The molecule has 0 unspecified atom stereocenters. The topological polar surface area (TPSA) is 68.7 Å². The molecule has 25 heavy (non-hydrogen) atoms. The third-order valence-corrected chi connectivity index (χ3v) is 4.99. The van der Waals surface area contributed by atoms with Gasteiger partial charge in [0.05, 0.1) is 22.9 Å². The number of piperidine rings is 1. The molecule has 3 heterocycles. The van der Waals surface area contributed by atoms with Crippen LogP contribution in [0.25, 0.3) is 0 Å². The van der Waals surface area contributed by atoms with Gasteiger partial charge in [0.15, 0.2) is 0 Å². The molecule has 1 aromatic rings. The number of carbonyl (C=O) groups is 2. The lowest BCUT2D eigenvalue weighted by molar-refractivity contribution is -0.142. The molecular formula is C18H23ClN2O4. The number of likely N-dealkylation sites (tertiary alicyclic amines) is 1. The summed E-state index contributed by atoms with van der Waals surface area (Å²) in [4.78, 5) is 30.9. The summed E-state index contributed by atoms with van der Waals surface area (Å²) in [6.45, 7) is 4.04. The molecule has 0 aliphatic carbocycles. The molecule has 2 aliphatic heterocycles. The second-order valence-corrected chi connectivity index (χ2v) is 6.84. The van der Waals surface area contributed by atoms with E-state index in [0.717, 1.165) is 25.7 Å². The molecule has 0 saturated carbocycles. The van der Waals surface area contributed by atoms with Crippen molar-refractivity contribution in [1.29, 1.82) is 0 Å². The van der Waals surface area contributed by atoms with Crippen molar-refractivity contribution in [2.45, 2.75) is 44.6 Å². The van der Waals surface area contributed by atoms with Crippen LogP contribution in [0.5, 0.6) is 0 Å². The van der Waals surface area contributed by atoms with Gasteiger partial charge in [-0.3, -0.25) is 9.78 Å². The number of esters is 1. The monoisotopic (exact) mass is 366 g/mol. The number of rotatable bonds is 4. The van der Waals surface area contributed by atoms with Crippen molar-refractivity contribution in [2.24, 2.45) is 0 Å². The maximum absolute atomic E-state index is 12.4. The fraction of sp³-hybridized carbons (Fsp3) is 0.611. The van der Waals surface area contributed by atoms with Gasteiger partial charge in [-0.05, 0) is 38.7 Å². The van der Waals surface area contributed by atoms with Gasteiger partial charge in [0.2, 0.25) is 0 Å². The SMILES string of the molecule is CCOC(=O)c1cc(Cl)cnc1C1CCN(C(=O)[C@@H]2CCCO2)CC1. The first-order chi connectivity index (χ1) is 12.1. The highest BCUT2D eigenvalue weighted by molar-refractivity contribution is 6.30. The molecule has 0 N–H and O–H groups in total. The molecule has 0 spiro atoms. The lowest BCUT2D eigenvalue weighted by Crippen LogP contribution is -2.43. The van der Waals surface area contributed by atoms with Gasteiger partial charge in [0.25, 0.3) is 5.91 Å². The standard InChI is InChI=1S/C18H23ClN2O4/c1-2-24-18(23)14-10-13(19)11-20-16(14)12-5-7-21(8-6-12)17(22)15-4-3-9-25-15/h10-12,15H,2-9H2,1H3/t15-/m0/s1. The van der Waals surface area contributed by atoms with E-state index in [1.54, 1.807) is 19.2 Å². The van der Waals surface area contributed by atoms with E-state index in [9.17, 15) is 9.59 Å². The highest BCUT2D eigenvalue weighted by Gasteiger charge is 2.32. The summed E-state index contributed by atoms with van der Waals surface area (Å²) in [7, 11) is 0. The molecule has 6 nitrogen and oxygen atoms in total. The van der Waals surface area contributed by atoms with Crippen LogP contribution in [0.15, 0.2) is 12.3 Å². The number of nitrogens with zero attached hydrogens (tertiary/aromatic N) is 2. The van der Waals surface area contributed by atoms with E-state index < -0.39 is 5.97 Å². The molecule has 1 amide bonds. The minimum absolute atomic E-state index is 0.0885. The Hall–Kier alpha value is -1.66. The van der Waals surface area contributed by atoms with Crippen LogP contribution >= 0.6 is 11.6 Å². The van der Waals surface area contributed by atoms with E-state index in [2.05, 4.69) is 4.98 Å². The number of hydrogen-bond acceptors (Lipinski definition) is 5. The second kappa shape index (κ2) is 8.15. The molecule has 0 aromatic carbocycles. The van der Waals surface area contributed by atoms with Crippen molar-refractivity contribution >= 4 is 23.5 Å². The van der Waals surface area contributed by atoms with Crippen LogP contribution in [0, 0.1) is 0 Å². The molecule has 2 fully saturated rings. The summed E-state index contributed by atoms with van der Waals surface area (Å²) in [6.07, 6.45) is 4.57. The largest absolute Gasteiger partial charge is 0.462 e. The number of hydrogen-bond donors (Lipinski definition) is 0. The number of halogens is 1. The average molecular weight is 367 g/mol. The summed E-state index contributed by atoms with van der Waals surface area (Å²) in [6, 6.07) is 1.62. The van der Waals surface area contributed by atoms with Gasteiger partial charge in [0.1, 0.15) is 6.10 Å². The van der Waals surface area contributed by atoms with Gasteiger partial charge in [-0.2, -0.15) is 0 Å². The third-order valence-electron chi connectivity index (χ3n) is 4.78. The molecule has 3 rings (SSSR count). The van der Waals surface area contributed by atoms with Crippen LogP contribution < -0.4 is 0 Å². The molecular weight excluding hydrogens is 344 g/mol. The summed E-state index contributed by atoms with van der Waals surface area (Å²) in [5, 5.41) is 0.415. The predicted octanol–water partition coefficient (Wildman–Crippen LogP) is 2.80. The smallest absolute Gasteiger partial charge is 0.340 e. The lowest BCUT2D eigenvalue weighted by Gasteiger charge is -2.33. The van der Waals surface area contributed by atoms with E-state index in [0.29, 0.717) is 42.6 Å². The summed E-state index contributed by atoms with van der Waals surface area (Å²) >= 11 is 6.00. The Morgan fingerprint density at radius 1 is 1.36 bits per heavy atom. The normalized spacial score (nSPS) is 21.4. The predicted molar refractivity (Wildman–Crippen MR) is 92.7 cm³/mol. The molecule has 1 atom stereocenters. The third kappa shape index (κ3) is 4.12. The van der Waals surface area contributed by atoms with Crippen molar-refractivity contribution < 1.29 is 19.1 Å². The quantitative estimate of drug-likeness (QED) is 0.766. The van der Waals surface area contributed by atoms with Crippen LogP contribution in [-0.2, 0) is 14.3 Å². The summed E-state index contributed by atoms with van der Waals surface area (Å²) < 4.78 is 10.6. The number of carbonyl (C=O) groups excluding carboxylic acids is 2. The lowest BCUT2D eigenvalue weighted by atomic mass is 9.90. The van der Waals surface area contributed by atoms with E-state index in [1.165, 1.54) is 0 Å². The minimum Gasteiger partial charge on any atom is -0.462 e. The van der Waals surface area contributed by atoms with Crippen molar-refractivity contribution in [3.8, 4) is 0 Å². The van der Waals surface area contributed by atoms with Crippen LogP contribution in [0.2, 0.25) is 5.02 Å². The summed E-state index contributed by atoms with van der Waals surface area (Å²) in [5.41, 5.74) is 1.14. The van der Waals surface area contributed by atoms with Crippen molar-refractivity contribution in [3.05, 3.63) is 28.5 Å².